The van der Waals surface area contributed by atoms with Crippen molar-refractivity contribution in [2.45, 2.75) is 6.92 Å². The fraction of sp³-hybridized carbons (Fsp3) is 0.200. The fourth-order valence-corrected chi connectivity index (χ4v) is 0.867. The van der Waals surface area contributed by atoms with Crippen LogP contribution in [0.5, 0.6) is 5.75 Å². The molecule has 0 saturated carbocycles. The smallest absolute Gasteiger partial charge is 0.122 e. The van der Waals surface area contributed by atoms with Crippen molar-refractivity contribution in [1.29, 1.82) is 0 Å². The number of hydrogen-bond donors (Lipinski definition) is 0. The summed E-state index contributed by atoms with van der Waals surface area (Å²) in [6.07, 6.45) is 1.74. The van der Waals surface area contributed by atoms with Gasteiger partial charge in [0.2, 0.25) is 0 Å². The van der Waals surface area contributed by atoms with Gasteiger partial charge in [0.15, 0.2) is 0 Å². The number of aryl methyl sites for hydroxylation is 1. The molecule has 0 bridgehead atoms. The normalized spacial score (nSPS) is 8.42. The standard InChI is InChI=1S/C10H12O.Y/c1-3-8-11-10-7-5-4-6-9(10)2;/h3-7H,1,8H2,2H3;. The SMILES string of the molecule is C=CCOc1ccccc1C.[Y]. The van der Waals surface area contributed by atoms with Crippen molar-refractivity contribution >= 4 is 0 Å². The Balaban J connectivity index is 0.00000121. The average Bonchev–Trinajstić information content (AvgIpc) is 2.03. The maximum atomic E-state index is 5.37. The molecule has 0 aliphatic carbocycles. The molecule has 1 nitrogen and oxygen atoms in total. The molecule has 1 aromatic rings. The van der Waals surface area contributed by atoms with E-state index in [1.807, 2.05) is 31.2 Å². The molecule has 0 heterocycles. The first-order chi connectivity index (χ1) is 5.34. The Hall–Kier alpha value is -0.136. The predicted molar refractivity (Wildman–Crippen MR) is 46.9 cm³/mol. The van der Waals surface area contributed by atoms with E-state index in [1.165, 1.54) is 0 Å². The van der Waals surface area contributed by atoms with E-state index in [1.54, 1.807) is 6.08 Å². The maximum Gasteiger partial charge on any atom is 0.122 e. The van der Waals surface area contributed by atoms with Crippen LogP contribution in [0, 0.1) is 6.92 Å². The summed E-state index contributed by atoms with van der Waals surface area (Å²) in [5, 5.41) is 0. The van der Waals surface area contributed by atoms with Crippen molar-refractivity contribution in [3.05, 3.63) is 42.5 Å². The molecule has 0 N–H and O–H groups in total. The van der Waals surface area contributed by atoms with Crippen molar-refractivity contribution in [3.63, 3.8) is 0 Å². The van der Waals surface area contributed by atoms with Gasteiger partial charge in [0.25, 0.3) is 0 Å². The molecule has 0 aromatic heterocycles. The predicted octanol–water partition coefficient (Wildman–Crippen LogP) is 2.56. The van der Waals surface area contributed by atoms with Gasteiger partial charge in [0.05, 0.1) is 0 Å². The van der Waals surface area contributed by atoms with E-state index in [2.05, 4.69) is 6.58 Å². The number of hydrogen-bond acceptors (Lipinski definition) is 1. The molecular weight excluding hydrogens is 225 g/mol. The summed E-state index contributed by atoms with van der Waals surface area (Å²) in [6.45, 7) is 6.18. The Bertz CT molecular complexity index is 245. The summed E-state index contributed by atoms with van der Waals surface area (Å²) < 4.78 is 5.37. The molecule has 1 radical (unpaired) electrons. The molecule has 0 saturated heterocycles. The molecule has 0 aliphatic heterocycles. The minimum atomic E-state index is 0. The Morgan fingerprint density at radius 3 is 2.67 bits per heavy atom. The van der Waals surface area contributed by atoms with E-state index in [0.29, 0.717) is 6.61 Å². The van der Waals surface area contributed by atoms with Gasteiger partial charge in [-0.15, -0.1) is 0 Å². The molecule has 0 unspecified atom stereocenters. The first kappa shape index (κ1) is 11.9. The molecule has 0 fully saturated rings. The molecule has 0 spiro atoms. The molecule has 61 valence electrons. The monoisotopic (exact) mass is 237 g/mol. The third kappa shape index (κ3) is 3.51. The molecule has 0 aliphatic rings. The van der Waals surface area contributed by atoms with Crippen LogP contribution in [0.3, 0.4) is 0 Å². The van der Waals surface area contributed by atoms with Crippen molar-refractivity contribution < 1.29 is 37.4 Å². The topological polar surface area (TPSA) is 9.23 Å². The first-order valence-electron chi connectivity index (χ1n) is 3.64. The van der Waals surface area contributed by atoms with E-state index >= 15 is 0 Å². The van der Waals surface area contributed by atoms with Crippen LogP contribution in [0.15, 0.2) is 36.9 Å². The average molecular weight is 237 g/mol. The zero-order valence-electron chi connectivity index (χ0n) is 7.29. The second-order valence-electron chi connectivity index (χ2n) is 2.37. The Morgan fingerprint density at radius 1 is 1.42 bits per heavy atom. The summed E-state index contributed by atoms with van der Waals surface area (Å²) >= 11 is 0. The molecule has 2 heteroatoms. The van der Waals surface area contributed by atoms with E-state index < -0.39 is 0 Å². The fourth-order valence-electron chi connectivity index (χ4n) is 0.867. The first-order valence-corrected chi connectivity index (χ1v) is 3.64. The minimum absolute atomic E-state index is 0. The summed E-state index contributed by atoms with van der Waals surface area (Å²) in [6, 6.07) is 7.94. The molecule has 0 atom stereocenters. The third-order valence-electron chi connectivity index (χ3n) is 1.45. The van der Waals surface area contributed by atoms with Gasteiger partial charge < -0.3 is 4.74 Å². The molecule has 1 aromatic carbocycles. The van der Waals surface area contributed by atoms with Crippen LogP contribution in [-0.2, 0) is 32.7 Å². The van der Waals surface area contributed by atoms with Crippen LogP contribution < -0.4 is 4.74 Å². The van der Waals surface area contributed by atoms with Gasteiger partial charge in [-0.3, -0.25) is 0 Å². The maximum absolute atomic E-state index is 5.37. The van der Waals surface area contributed by atoms with Crippen molar-refractivity contribution in [2.75, 3.05) is 6.61 Å². The quantitative estimate of drug-likeness (QED) is 0.734. The second-order valence-corrected chi connectivity index (χ2v) is 2.37. The van der Waals surface area contributed by atoms with Gasteiger partial charge in [0, 0.05) is 32.7 Å². The van der Waals surface area contributed by atoms with Crippen LogP contribution >= 0.6 is 0 Å². The second kappa shape index (κ2) is 6.39. The molecule has 12 heavy (non-hydrogen) atoms. The van der Waals surface area contributed by atoms with Crippen molar-refractivity contribution in [2.24, 2.45) is 0 Å². The number of para-hydroxylation sites is 1. The van der Waals surface area contributed by atoms with E-state index in [4.69, 9.17) is 4.74 Å². The van der Waals surface area contributed by atoms with E-state index in [9.17, 15) is 0 Å². The molecular formula is C10H12OY. The van der Waals surface area contributed by atoms with Gasteiger partial charge in [-0.25, -0.2) is 0 Å². The summed E-state index contributed by atoms with van der Waals surface area (Å²) in [5.74, 6) is 0.937. The Labute approximate surface area is 98.7 Å². The van der Waals surface area contributed by atoms with Crippen LogP contribution in [0.1, 0.15) is 5.56 Å². The Kier molecular flexibility index (Phi) is 6.32. The van der Waals surface area contributed by atoms with Crippen LogP contribution in [-0.4, -0.2) is 6.61 Å². The van der Waals surface area contributed by atoms with Crippen molar-refractivity contribution in [3.8, 4) is 5.75 Å². The summed E-state index contributed by atoms with van der Waals surface area (Å²) in [7, 11) is 0. The summed E-state index contributed by atoms with van der Waals surface area (Å²) in [5.41, 5.74) is 1.16. The minimum Gasteiger partial charge on any atom is -0.489 e. The van der Waals surface area contributed by atoms with Gasteiger partial charge in [0.1, 0.15) is 12.4 Å². The van der Waals surface area contributed by atoms with Gasteiger partial charge in [-0.2, -0.15) is 0 Å². The van der Waals surface area contributed by atoms with Gasteiger partial charge >= 0.3 is 0 Å². The van der Waals surface area contributed by atoms with Gasteiger partial charge in [-0.1, -0.05) is 30.9 Å². The summed E-state index contributed by atoms with van der Waals surface area (Å²) in [4.78, 5) is 0. The largest absolute Gasteiger partial charge is 0.489 e. The molecule has 0 amide bonds. The van der Waals surface area contributed by atoms with Gasteiger partial charge in [-0.05, 0) is 18.6 Å². The number of rotatable bonds is 3. The zero-order chi connectivity index (χ0) is 8.10. The van der Waals surface area contributed by atoms with Crippen LogP contribution in [0.25, 0.3) is 0 Å². The van der Waals surface area contributed by atoms with E-state index in [-0.39, 0.29) is 32.7 Å². The number of benzene rings is 1. The van der Waals surface area contributed by atoms with Crippen molar-refractivity contribution in [1.82, 2.24) is 0 Å². The van der Waals surface area contributed by atoms with E-state index in [0.717, 1.165) is 11.3 Å². The van der Waals surface area contributed by atoms with Crippen LogP contribution in [0.4, 0.5) is 0 Å². The number of ether oxygens (including phenoxy) is 1. The third-order valence-corrected chi connectivity index (χ3v) is 1.45. The van der Waals surface area contributed by atoms with Crippen LogP contribution in [0.2, 0.25) is 0 Å². The zero-order valence-corrected chi connectivity index (χ0v) is 10.1. The molecule has 1 rings (SSSR count). The Morgan fingerprint density at radius 2 is 2.08 bits per heavy atom.